The molecular weight excluding hydrogens is 124 g/mol. The highest BCUT2D eigenvalue weighted by Crippen LogP contribution is 2.25. The SMILES string of the molecule is CCOCC(C)(CC)CC. The predicted octanol–water partition coefficient (Wildman–Crippen LogP) is 2.85. The van der Waals surface area contributed by atoms with E-state index in [0.29, 0.717) is 5.41 Å². The van der Waals surface area contributed by atoms with Crippen molar-refractivity contribution in [2.24, 2.45) is 5.41 Å². The topological polar surface area (TPSA) is 9.23 Å². The minimum absolute atomic E-state index is 0.413. The fourth-order valence-electron chi connectivity index (χ4n) is 0.803. The molecule has 0 heterocycles. The van der Waals surface area contributed by atoms with Crippen LogP contribution in [-0.2, 0) is 4.74 Å². The molecule has 1 heteroatoms. The number of ether oxygens (including phenoxy) is 1. The molecule has 0 bridgehead atoms. The zero-order valence-corrected chi connectivity index (χ0v) is 7.74. The molecule has 10 heavy (non-hydrogen) atoms. The van der Waals surface area contributed by atoms with Gasteiger partial charge in [0.2, 0.25) is 0 Å². The molecule has 0 aliphatic rings. The lowest BCUT2D eigenvalue weighted by atomic mass is 9.86. The van der Waals surface area contributed by atoms with Crippen molar-refractivity contribution in [1.82, 2.24) is 0 Å². The smallest absolute Gasteiger partial charge is 0.0519 e. The first-order chi connectivity index (χ1) is 4.68. The fourth-order valence-corrected chi connectivity index (χ4v) is 0.803. The van der Waals surface area contributed by atoms with Gasteiger partial charge in [-0.15, -0.1) is 0 Å². The van der Waals surface area contributed by atoms with Crippen LogP contribution in [0.15, 0.2) is 0 Å². The molecule has 0 unspecified atom stereocenters. The van der Waals surface area contributed by atoms with Crippen molar-refractivity contribution in [2.75, 3.05) is 13.2 Å². The Morgan fingerprint density at radius 3 is 1.90 bits per heavy atom. The normalized spacial score (nSPS) is 12.0. The molecule has 0 spiro atoms. The number of hydrogen-bond donors (Lipinski definition) is 0. The van der Waals surface area contributed by atoms with Gasteiger partial charge in [0.15, 0.2) is 0 Å². The largest absolute Gasteiger partial charge is 0.381 e. The Balaban J connectivity index is 3.58. The molecule has 0 atom stereocenters. The molecule has 0 aliphatic heterocycles. The van der Waals surface area contributed by atoms with E-state index in [4.69, 9.17) is 4.74 Å². The van der Waals surface area contributed by atoms with Gasteiger partial charge in [-0.2, -0.15) is 0 Å². The maximum absolute atomic E-state index is 5.38. The van der Waals surface area contributed by atoms with Crippen LogP contribution in [0.4, 0.5) is 0 Å². The van der Waals surface area contributed by atoms with Crippen LogP contribution in [0.25, 0.3) is 0 Å². The molecule has 0 radical (unpaired) electrons. The van der Waals surface area contributed by atoms with Crippen LogP contribution in [0.5, 0.6) is 0 Å². The summed E-state index contributed by atoms with van der Waals surface area (Å²) in [6.07, 6.45) is 2.42. The van der Waals surface area contributed by atoms with Gasteiger partial charge >= 0.3 is 0 Å². The maximum atomic E-state index is 5.38. The van der Waals surface area contributed by atoms with Gasteiger partial charge in [-0.3, -0.25) is 0 Å². The van der Waals surface area contributed by atoms with Gasteiger partial charge < -0.3 is 4.74 Å². The van der Waals surface area contributed by atoms with E-state index in [2.05, 4.69) is 20.8 Å². The number of hydrogen-bond acceptors (Lipinski definition) is 1. The Hall–Kier alpha value is -0.0400. The number of rotatable bonds is 5. The summed E-state index contributed by atoms with van der Waals surface area (Å²) in [5.74, 6) is 0. The monoisotopic (exact) mass is 144 g/mol. The highest BCUT2D eigenvalue weighted by atomic mass is 16.5. The Labute approximate surface area is 64.8 Å². The third-order valence-electron chi connectivity index (χ3n) is 2.36. The van der Waals surface area contributed by atoms with Gasteiger partial charge in [0, 0.05) is 6.61 Å². The summed E-state index contributed by atoms with van der Waals surface area (Å²) in [5, 5.41) is 0. The molecule has 0 saturated heterocycles. The first-order valence-corrected chi connectivity index (χ1v) is 4.26. The quantitative estimate of drug-likeness (QED) is 0.576. The minimum Gasteiger partial charge on any atom is -0.381 e. The van der Waals surface area contributed by atoms with Crippen LogP contribution >= 0.6 is 0 Å². The Bertz CT molecular complexity index is 74.8. The zero-order chi connectivity index (χ0) is 8.04. The Morgan fingerprint density at radius 1 is 1.10 bits per heavy atom. The first kappa shape index (κ1) is 9.96. The van der Waals surface area contributed by atoms with Crippen molar-refractivity contribution in [3.05, 3.63) is 0 Å². The second kappa shape index (κ2) is 4.73. The van der Waals surface area contributed by atoms with Crippen molar-refractivity contribution in [3.63, 3.8) is 0 Å². The molecule has 0 aromatic carbocycles. The van der Waals surface area contributed by atoms with Gasteiger partial charge in [0.1, 0.15) is 0 Å². The average Bonchev–Trinajstić information content (AvgIpc) is 2.00. The van der Waals surface area contributed by atoms with Crippen molar-refractivity contribution in [2.45, 2.75) is 40.5 Å². The second-order valence-corrected chi connectivity index (χ2v) is 3.15. The van der Waals surface area contributed by atoms with Gasteiger partial charge in [-0.05, 0) is 25.2 Å². The van der Waals surface area contributed by atoms with E-state index in [1.807, 2.05) is 6.92 Å². The molecular formula is C9H20O. The van der Waals surface area contributed by atoms with E-state index in [1.54, 1.807) is 0 Å². The molecule has 0 aromatic rings. The van der Waals surface area contributed by atoms with Crippen LogP contribution < -0.4 is 0 Å². The van der Waals surface area contributed by atoms with Crippen LogP contribution in [-0.4, -0.2) is 13.2 Å². The Kier molecular flexibility index (Phi) is 4.71. The molecule has 0 N–H and O–H groups in total. The molecule has 0 aliphatic carbocycles. The van der Waals surface area contributed by atoms with E-state index in [9.17, 15) is 0 Å². The van der Waals surface area contributed by atoms with Crippen molar-refractivity contribution in [1.29, 1.82) is 0 Å². The van der Waals surface area contributed by atoms with E-state index < -0.39 is 0 Å². The lowest BCUT2D eigenvalue weighted by Crippen LogP contribution is -2.21. The van der Waals surface area contributed by atoms with Crippen molar-refractivity contribution < 1.29 is 4.74 Å². The van der Waals surface area contributed by atoms with Crippen LogP contribution in [0.1, 0.15) is 40.5 Å². The van der Waals surface area contributed by atoms with E-state index in [0.717, 1.165) is 13.2 Å². The summed E-state index contributed by atoms with van der Waals surface area (Å²) < 4.78 is 5.38. The summed E-state index contributed by atoms with van der Waals surface area (Å²) in [5.41, 5.74) is 0.413. The van der Waals surface area contributed by atoms with E-state index in [-0.39, 0.29) is 0 Å². The molecule has 0 fully saturated rings. The molecule has 62 valence electrons. The molecule has 0 saturated carbocycles. The summed E-state index contributed by atoms with van der Waals surface area (Å²) in [4.78, 5) is 0. The van der Waals surface area contributed by atoms with Gasteiger partial charge in [0.25, 0.3) is 0 Å². The average molecular weight is 144 g/mol. The summed E-state index contributed by atoms with van der Waals surface area (Å²) in [6.45, 7) is 10.5. The minimum atomic E-state index is 0.413. The predicted molar refractivity (Wildman–Crippen MR) is 45.2 cm³/mol. The Morgan fingerprint density at radius 2 is 1.60 bits per heavy atom. The summed E-state index contributed by atoms with van der Waals surface area (Å²) in [6, 6.07) is 0. The molecule has 0 amide bonds. The zero-order valence-electron chi connectivity index (χ0n) is 7.74. The summed E-state index contributed by atoms with van der Waals surface area (Å²) in [7, 11) is 0. The molecule has 0 aromatic heterocycles. The highest BCUT2D eigenvalue weighted by Gasteiger charge is 2.18. The third kappa shape index (κ3) is 3.21. The summed E-state index contributed by atoms with van der Waals surface area (Å²) >= 11 is 0. The lowest BCUT2D eigenvalue weighted by molar-refractivity contribution is 0.0560. The van der Waals surface area contributed by atoms with Crippen molar-refractivity contribution >= 4 is 0 Å². The van der Waals surface area contributed by atoms with Gasteiger partial charge in [-0.1, -0.05) is 20.8 Å². The second-order valence-electron chi connectivity index (χ2n) is 3.15. The van der Waals surface area contributed by atoms with Crippen LogP contribution in [0.3, 0.4) is 0 Å². The highest BCUT2D eigenvalue weighted by molar-refractivity contribution is 4.69. The van der Waals surface area contributed by atoms with Crippen LogP contribution in [0, 0.1) is 5.41 Å². The standard InChI is InChI=1S/C9H20O/c1-5-9(4,6-2)8-10-7-3/h5-8H2,1-4H3. The van der Waals surface area contributed by atoms with E-state index >= 15 is 0 Å². The van der Waals surface area contributed by atoms with Crippen LogP contribution in [0.2, 0.25) is 0 Å². The molecule has 0 rings (SSSR count). The fraction of sp³-hybridized carbons (Fsp3) is 1.00. The maximum Gasteiger partial charge on any atom is 0.0519 e. The first-order valence-electron chi connectivity index (χ1n) is 4.26. The van der Waals surface area contributed by atoms with Gasteiger partial charge in [0.05, 0.1) is 6.61 Å². The third-order valence-corrected chi connectivity index (χ3v) is 2.36. The van der Waals surface area contributed by atoms with Gasteiger partial charge in [-0.25, -0.2) is 0 Å². The lowest BCUT2D eigenvalue weighted by Gasteiger charge is -2.25. The van der Waals surface area contributed by atoms with Crippen molar-refractivity contribution in [3.8, 4) is 0 Å². The molecule has 1 nitrogen and oxygen atoms in total. The van der Waals surface area contributed by atoms with E-state index in [1.165, 1.54) is 12.8 Å².